The van der Waals surface area contributed by atoms with E-state index in [1.165, 1.54) is 10.9 Å². The monoisotopic (exact) mass is 309 g/mol. The Kier molecular flexibility index (Phi) is 4.63. The zero-order valence-corrected chi connectivity index (χ0v) is 13.0. The van der Waals surface area contributed by atoms with Gasteiger partial charge in [-0.2, -0.15) is 5.10 Å². The molecule has 0 aliphatic carbocycles. The topological polar surface area (TPSA) is 46.9 Å². The van der Waals surface area contributed by atoms with Crippen LogP contribution in [-0.2, 0) is 13.1 Å². The normalized spacial score (nSPS) is 10.7. The van der Waals surface area contributed by atoms with Crippen molar-refractivity contribution in [3.05, 3.63) is 56.2 Å². The van der Waals surface area contributed by atoms with Gasteiger partial charge in [0.1, 0.15) is 10.8 Å². The molecule has 0 radical (unpaired) electrons. The maximum Gasteiger partial charge on any atom is 0.287 e. The van der Waals surface area contributed by atoms with E-state index in [0.717, 1.165) is 5.56 Å². The third-order valence-corrected chi connectivity index (χ3v) is 3.63. The van der Waals surface area contributed by atoms with Crippen LogP contribution in [0.2, 0.25) is 5.02 Å². The second kappa shape index (κ2) is 6.26. The fourth-order valence-corrected chi connectivity index (χ4v) is 2.36. The van der Waals surface area contributed by atoms with E-state index < -0.39 is 0 Å². The zero-order valence-electron chi connectivity index (χ0n) is 12.2. The van der Waals surface area contributed by atoms with Crippen molar-refractivity contribution in [3.63, 3.8) is 0 Å². The number of hydrogen-bond donors (Lipinski definition) is 1. The third-order valence-electron chi connectivity index (χ3n) is 3.26. The first-order valence-electron chi connectivity index (χ1n) is 6.69. The van der Waals surface area contributed by atoms with Crippen molar-refractivity contribution in [3.8, 4) is 0 Å². The van der Waals surface area contributed by atoms with Gasteiger partial charge in [0, 0.05) is 13.1 Å². The van der Waals surface area contributed by atoms with Gasteiger partial charge in [-0.25, -0.2) is 9.07 Å². The van der Waals surface area contributed by atoms with Crippen LogP contribution in [0.1, 0.15) is 23.6 Å². The summed E-state index contributed by atoms with van der Waals surface area (Å²) in [5.74, 6) is -0.191. The molecule has 0 bridgehead atoms. The van der Waals surface area contributed by atoms with Gasteiger partial charge < -0.3 is 5.32 Å². The van der Waals surface area contributed by atoms with E-state index in [1.807, 2.05) is 6.92 Å². The van der Waals surface area contributed by atoms with E-state index in [2.05, 4.69) is 10.4 Å². The van der Waals surface area contributed by atoms with Gasteiger partial charge >= 0.3 is 0 Å². The van der Waals surface area contributed by atoms with Gasteiger partial charge in [0.15, 0.2) is 0 Å². The second-order valence-electron chi connectivity index (χ2n) is 4.89. The molecule has 0 aliphatic rings. The Labute approximate surface area is 127 Å². The Morgan fingerprint density at radius 3 is 2.52 bits per heavy atom. The average molecular weight is 310 g/mol. The first-order valence-corrected chi connectivity index (χ1v) is 7.07. The molecule has 2 rings (SSSR count). The molecule has 0 amide bonds. The molecule has 1 N–H and O–H groups in total. The van der Waals surface area contributed by atoms with Crippen LogP contribution in [0.3, 0.4) is 0 Å². The van der Waals surface area contributed by atoms with E-state index in [4.69, 9.17) is 11.6 Å². The summed E-state index contributed by atoms with van der Waals surface area (Å²) in [6.07, 6.45) is 1.52. The summed E-state index contributed by atoms with van der Waals surface area (Å²) >= 11 is 6.04. The van der Waals surface area contributed by atoms with Gasteiger partial charge in [-0.3, -0.25) is 4.79 Å². The minimum Gasteiger partial charge on any atom is -0.378 e. The minimum absolute atomic E-state index is 0.113. The Morgan fingerprint density at radius 1 is 1.33 bits per heavy atom. The fourth-order valence-electron chi connectivity index (χ4n) is 2.15. The molecular weight excluding hydrogens is 293 g/mol. The van der Waals surface area contributed by atoms with E-state index in [1.54, 1.807) is 26.0 Å². The molecule has 0 saturated carbocycles. The molecular formula is C15H17ClFN3O. The minimum atomic E-state index is -0.323. The van der Waals surface area contributed by atoms with Crippen molar-refractivity contribution in [2.24, 2.45) is 0 Å². The summed E-state index contributed by atoms with van der Waals surface area (Å²) in [5, 5.41) is 7.19. The Morgan fingerprint density at radius 2 is 1.95 bits per heavy atom. The highest BCUT2D eigenvalue weighted by Gasteiger charge is 2.09. The lowest BCUT2D eigenvalue weighted by Crippen LogP contribution is -2.23. The second-order valence-corrected chi connectivity index (χ2v) is 5.27. The summed E-state index contributed by atoms with van der Waals surface area (Å²) in [5.41, 5.74) is 2.26. The average Bonchev–Trinajstić information content (AvgIpc) is 2.46. The molecule has 1 heterocycles. The van der Waals surface area contributed by atoms with Gasteiger partial charge in [0.05, 0.1) is 11.9 Å². The Hall–Kier alpha value is -1.88. The molecule has 0 fully saturated rings. The van der Waals surface area contributed by atoms with Gasteiger partial charge in [0.25, 0.3) is 5.56 Å². The van der Waals surface area contributed by atoms with Gasteiger partial charge in [-0.05, 0) is 37.5 Å². The first-order chi connectivity index (χ1) is 9.93. The molecule has 6 heteroatoms. The van der Waals surface area contributed by atoms with Crippen molar-refractivity contribution >= 4 is 17.3 Å². The molecule has 1 aromatic heterocycles. The first kappa shape index (κ1) is 15.5. The maximum atomic E-state index is 13.6. The summed E-state index contributed by atoms with van der Waals surface area (Å²) in [6.45, 7) is 6.18. The van der Waals surface area contributed by atoms with Crippen molar-refractivity contribution in [1.29, 1.82) is 0 Å². The predicted molar refractivity (Wildman–Crippen MR) is 82.4 cm³/mol. The summed E-state index contributed by atoms with van der Waals surface area (Å²) in [7, 11) is 0. The lowest BCUT2D eigenvalue weighted by atomic mass is 10.1. The van der Waals surface area contributed by atoms with Gasteiger partial charge in [-0.1, -0.05) is 23.7 Å². The smallest absolute Gasteiger partial charge is 0.287 e. The number of hydrogen-bond acceptors (Lipinski definition) is 3. The summed E-state index contributed by atoms with van der Waals surface area (Å²) in [6, 6.07) is 3.54. The quantitative estimate of drug-likeness (QED) is 0.942. The van der Waals surface area contributed by atoms with Crippen molar-refractivity contribution in [2.45, 2.75) is 33.9 Å². The number of anilines is 1. The molecule has 112 valence electrons. The lowest BCUT2D eigenvalue weighted by molar-refractivity contribution is 0.608. The van der Waals surface area contributed by atoms with Crippen LogP contribution in [-0.4, -0.2) is 9.78 Å². The highest BCUT2D eigenvalue weighted by Crippen LogP contribution is 2.19. The predicted octanol–water partition coefficient (Wildman–Crippen LogP) is 3.28. The van der Waals surface area contributed by atoms with Gasteiger partial charge in [0.2, 0.25) is 0 Å². The standard InChI is InChI=1S/C15H17ClFN3O/c1-4-20-15(21)13(16)12(8-19-20)18-7-11-5-9(2)14(17)10(3)6-11/h5-6,8,18H,4,7H2,1-3H3. The number of aryl methyl sites for hydroxylation is 3. The van der Waals surface area contributed by atoms with Crippen molar-refractivity contribution < 1.29 is 4.39 Å². The molecule has 21 heavy (non-hydrogen) atoms. The number of benzene rings is 1. The fraction of sp³-hybridized carbons (Fsp3) is 0.333. The summed E-state index contributed by atoms with van der Waals surface area (Å²) in [4.78, 5) is 11.9. The molecule has 0 saturated heterocycles. The Bertz CT molecular complexity index is 704. The van der Waals surface area contributed by atoms with E-state index >= 15 is 0 Å². The van der Waals surface area contributed by atoms with Crippen LogP contribution >= 0.6 is 11.6 Å². The van der Waals surface area contributed by atoms with Crippen LogP contribution in [0.15, 0.2) is 23.1 Å². The molecule has 2 aromatic rings. The molecule has 0 spiro atoms. The maximum absolute atomic E-state index is 13.6. The van der Waals surface area contributed by atoms with Crippen LogP contribution in [0.5, 0.6) is 0 Å². The van der Waals surface area contributed by atoms with Crippen LogP contribution in [0, 0.1) is 19.7 Å². The van der Waals surface area contributed by atoms with Crippen LogP contribution in [0.25, 0.3) is 0 Å². The molecule has 4 nitrogen and oxygen atoms in total. The highest BCUT2D eigenvalue weighted by molar-refractivity contribution is 6.32. The van der Waals surface area contributed by atoms with Crippen molar-refractivity contribution in [2.75, 3.05) is 5.32 Å². The van der Waals surface area contributed by atoms with Gasteiger partial charge in [-0.15, -0.1) is 0 Å². The Balaban J connectivity index is 2.21. The third kappa shape index (κ3) is 3.24. The van der Waals surface area contributed by atoms with Crippen LogP contribution < -0.4 is 10.9 Å². The largest absolute Gasteiger partial charge is 0.378 e. The highest BCUT2D eigenvalue weighted by atomic mass is 35.5. The van der Waals surface area contributed by atoms with E-state index in [-0.39, 0.29) is 16.4 Å². The zero-order chi connectivity index (χ0) is 15.6. The number of nitrogens with one attached hydrogen (secondary N) is 1. The van der Waals surface area contributed by atoms with Crippen molar-refractivity contribution in [1.82, 2.24) is 9.78 Å². The number of nitrogens with zero attached hydrogens (tertiary/aromatic N) is 2. The molecule has 0 aliphatic heterocycles. The molecule has 0 atom stereocenters. The lowest BCUT2D eigenvalue weighted by Gasteiger charge is -2.11. The number of aromatic nitrogens is 2. The van der Waals surface area contributed by atoms with Crippen LogP contribution in [0.4, 0.5) is 10.1 Å². The number of halogens is 2. The number of rotatable bonds is 4. The van der Waals surface area contributed by atoms with E-state index in [0.29, 0.717) is 29.9 Å². The SMILES string of the molecule is CCn1ncc(NCc2cc(C)c(F)c(C)c2)c(Cl)c1=O. The molecule has 1 aromatic carbocycles. The van der Waals surface area contributed by atoms with E-state index in [9.17, 15) is 9.18 Å². The molecule has 0 unspecified atom stereocenters. The summed E-state index contributed by atoms with van der Waals surface area (Å²) < 4.78 is 14.9.